The number of ether oxygens (including phenoxy) is 1. The minimum absolute atomic E-state index is 0.307. The lowest BCUT2D eigenvalue weighted by Crippen LogP contribution is -2.40. The normalized spacial score (nSPS) is 16.5. The van der Waals surface area contributed by atoms with Crippen molar-refractivity contribution in [1.29, 1.82) is 0 Å². The average Bonchev–Trinajstić information content (AvgIpc) is 2.66. The van der Waals surface area contributed by atoms with Crippen LogP contribution in [-0.4, -0.2) is 39.4 Å². The van der Waals surface area contributed by atoms with Gasteiger partial charge in [-0.05, 0) is 42.7 Å². The van der Waals surface area contributed by atoms with Gasteiger partial charge in [-0.15, -0.1) is 0 Å². The molecule has 7 nitrogen and oxygen atoms in total. The van der Waals surface area contributed by atoms with Gasteiger partial charge in [0.15, 0.2) is 9.84 Å². The number of halogens is 1. The summed E-state index contributed by atoms with van der Waals surface area (Å²) in [6.45, 7) is 1.59. The van der Waals surface area contributed by atoms with Crippen LogP contribution in [-0.2, 0) is 20.0 Å². The van der Waals surface area contributed by atoms with Gasteiger partial charge in [0.25, 0.3) is 5.69 Å². The van der Waals surface area contributed by atoms with E-state index in [1.807, 2.05) is 0 Å². The Morgan fingerprint density at radius 1 is 1.18 bits per heavy atom. The molecule has 0 unspecified atom stereocenters. The van der Waals surface area contributed by atoms with Crippen LogP contribution in [0.15, 0.2) is 47.4 Å². The van der Waals surface area contributed by atoms with E-state index in [-0.39, 0.29) is 16.1 Å². The maximum absolute atomic E-state index is 13.3. The maximum atomic E-state index is 13.3. The lowest BCUT2D eigenvalue weighted by molar-refractivity contribution is -0.387. The van der Waals surface area contributed by atoms with Crippen molar-refractivity contribution in [3.8, 4) is 0 Å². The lowest BCUT2D eigenvalue weighted by Gasteiger charge is -2.38. The van der Waals surface area contributed by atoms with Crippen LogP contribution in [0.3, 0.4) is 0 Å². The molecule has 1 aliphatic heterocycles. The second kappa shape index (κ2) is 7.84. The van der Waals surface area contributed by atoms with Crippen LogP contribution in [0.25, 0.3) is 0 Å². The molecule has 0 amide bonds. The highest BCUT2D eigenvalue weighted by atomic mass is 32.2. The van der Waals surface area contributed by atoms with Crippen molar-refractivity contribution in [2.24, 2.45) is 0 Å². The summed E-state index contributed by atoms with van der Waals surface area (Å²) in [7, 11) is -3.76. The number of sulfone groups is 1. The van der Waals surface area contributed by atoms with E-state index in [1.54, 1.807) is 12.1 Å². The first-order chi connectivity index (χ1) is 13.2. The molecule has 1 N–H and O–H groups in total. The topological polar surface area (TPSA) is 98.5 Å². The molecule has 0 aliphatic carbocycles. The molecule has 1 aliphatic rings. The SMILES string of the molecule is CS(=O)(=O)c1cc(NCC2(c3ccc(F)cc3)CCOCC2)ccc1[N+](=O)[O-]. The summed E-state index contributed by atoms with van der Waals surface area (Å²) >= 11 is 0. The van der Waals surface area contributed by atoms with E-state index in [4.69, 9.17) is 4.74 Å². The van der Waals surface area contributed by atoms with Crippen molar-refractivity contribution in [1.82, 2.24) is 0 Å². The van der Waals surface area contributed by atoms with E-state index in [9.17, 15) is 22.9 Å². The number of nitrogens with zero attached hydrogens (tertiary/aromatic N) is 1. The largest absolute Gasteiger partial charge is 0.384 e. The first-order valence-electron chi connectivity index (χ1n) is 8.77. The molecule has 28 heavy (non-hydrogen) atoms. The highest BCUT2D eigenvalue weighted by Gasteiger charge is 2.34. The number of rotatable bonds is 6. The Morgan fingerprint density at radius 3 is 2.39 bits per heavy atom. The molecule has 0 bridgehead atoms. The highest BCUT2D eigenvalue weighted by molar-refractivity contribution is 7.90. The predicted octanol–water partition coefficient (Wildman–Crippen LogP) is 3.30. The Balaban J connectivity index is 1.90. The first kappa shape index (κ1) is 20.2. The molecule has 0 spiro atoms. The molecule has 3 rings (SSSR count). The number of hydrogen-bond acceptors (Lipinski definition) is 6. The van der Waals surface area contributed by atoms with E-state index in [0.717, 1.165) is 24.7 Å². The first-order valence-corrected chi connectivity index (χ1v) is 10.7. The van der Waals surface area contributed by atoms with E-state index in [1.165, 1.54) is 30.3 Å². The second-order valence-corrected chi connectivity index (χ2v) is 8.95. The Hall–Kier alpha value is -2.52. The Morgan fingerprint density at radius 2 is 1.82 bits per heavy atom. The molecular formula is C19H21FN2O5S. The molecule has 0 aromatic heterocycles. The molecule has 1 heterocycles. The number of anilines is 1. The fourth-order valence-corrected chi connectivity index (χ4v) is 4.34. The van der Waals surface area contributed by atoms with Crippen molar-refractivity contribution in [2.45, 2.75) is 23.2 Å². The molecule has 0 atom stereocenters. The minimum atomic E-state index is -3.76. The second-order valence-electron chi connectivity index (χ2n) is 6.96. The smallest absolute Gasteiger partial charge is 0.288 e. The number of benzene rings is 2. The maximum Gasteiger partial charge on any atom is 0.288 e. The monoisotopic (exact) mass is 408 g/mol. The summed E-state index contributed by atoms with van der Waals surface area (Å²) in [6, 6.07) is 10.3. The fourth-order valence-electron chi connectivity index (χ4n) is 3.48. The zero-order valence-corrected chi connectivity index (χ0v) is 16.2. The van der Waals surface area contributed by atoms with Gasteiger partial charge >= 0.3 is 0 Å². The van der Waals surface area contributed by atoms with Gasteiger partial charge in [-0.1, -0.05) is 12.1 Å². The third kappa shape index (κ3) is 4.31. The van der Waals surface area contributed by atoms with Crippen LogP contribution in [0, 0.1) is 15.9 Å². The van der Waals surface area contributed by atoms with Gasteiger partial charge in [0.05, 0.1) is 4.92 Å². The van der Waals surface area contributed by atoms with Gasteiger partial charge in [-0.25, -0.2) is 12.8 Å². The highest BCUT2D eigenvalue weighted by Crippen LogP contribution is 2.36. The van der Waals surface area contributed by atoms with Crippen molar-refractivity contribution in [3.63, 3.8) is 0 Å². The summed E-state index contributed by atoms with van der Waals surface area (Å²) in [5.74, 6) is -0.313. The zero-order chi connectivity index (χ0) is 20.4. The summed E-state index contributed by atoms with van der Waals surface area (Å²) in [4.78, 5) is 10.1. The van der Waals surface area contributed by atoms with Crippen LogP contribution in [0.2, 0.25) is 0 Å². The Kier molecular flexibility index (Phi) is 5.66. The average molecular weight is 408 g/mol. The van der Waals surface area contributed by atoms with E-state index < -0.39 is 20.4 Å². The van der Waals surface area contributed by atoms with E-state index in [0.29, 0.717) is 25.4 Å². The van der Waals surface area contributed by atoms with Gasteiger partial charge < -0.3 is 10.1 Å². The van der Waals surface area contributed by atoms with Crippen LogP contribution >= 0.6 is 0 Å². The molecule has 2 aromatic rings. The third-order valence-electron chi connectivity index (χ3n) is 5.09. The van der Waals surface area contributed by atoms with Gasteiger partial charge in [0, 0.05) is 43.2 Å². The van der Waals surface area contributed by atoms with Crippen molar-refractivity contribution < 1.29 is 22.5 Å². The zero-order valence-electron chi connectivity index (χ0n) is 15.4. The molecule has 2 aromatic carbocycles. The summed E-state index contributed by atoms with van der Waals surface area (Å²) < 4.78 is 42.7. The van der Waals surface area contributed by atoms with Crippen molar-refractivity contribution >= 4 is 21.2 Å². The van der Waals surface area contributed by atoms with Gasteiger partial charge in [-0.2, -0.15) is 0 Å². The van der Waals surface area contributed by atoms with E-state index >= 15 is 0 Å². The van der Waals surface area contributed by atoms with Crippen LogP contribution < -0.4 is 5.32 Å². The quantitative estimate of drug-likeness (QED) is 0.582. The molecule has 9 heteroatoms. The Labute approximate surface area is 162 Å². The van der Waals surface area contributed by atoms with Gasteiger partial charge in [0.1, 0.15) is 10.7 Å². The van der Waals surface area contributed by atoms with Gasteiger partial charge in [0.2, 0.25) is 0 Å². The number of nitrogens with one attached hydrogen (secondary N) is 1. The molecule has 150 valence electrons. The molecular weight excluding hydrogens is 387 g/mol. The Bertz CT molecular complexity index is 970. The van der Waals surface area contributed by atoms with Crippen LogP contribution in [0.1, 0.15) is 18.4 Å². The number of nitro groups is 1. The molecule has 0 saturated carbocycles. The molecule has 1 fully saturated rings. The fraction of sp³-hybridized carbons (Fsp3) is 0.368. The van der Waals surface area contributed by atoms with Gasteiger partial charge in [-0.3, -0.25) is 10.1 Å². The summed E-state index contributed by atoms with van der Waals surface area (Å²) in [6.07, 6.45) is 2.38. The van der Waals surface area contributed by atoms with E-state index in [2.05, 4.69) is 5.32 Å². The molecule has 1 saturated heterocycles. The van der Waals surface area contributed by atoms with Crippen LogP contribution in [0.4, 0.5) is 15.8 Å². The van der Waals surface area contributed by atoms with Crippen molar-refractivity contribution in [3.05, 3.63) is 64.0 Å². The number of hydrogen-bond donors (Lipinski definition) is 1. The standard InChI is InChI=1S/C19H21FN2O5S/c1-28(25,26)18-12-16(6-7-17(18)22(23)24)21-13-19(8-10-27-11-9-19)14-2-4-15(20)5-3-14/h2-7,12,21H,8-11,13H2,1H3. The minimum Gasteiger partial charge on any atom is -0.384 e. The van der Waals surface area contributed by atoms with Crippen molar-refractivity contribution in [2.75, 3.05) is 31.3 Å². The molecule has 0 radical (unpaired) electrons. The summed E-state index contributed by atoms with van der Waals surface area (Å²) in [5, 5.41) is 14.3. The third-order valence-corrected chi connectivity index (χ3v) is 6.22. The van der Waals surface area contributed by atoms with Crippen LogP contribution in [0.5, 0.6) is 0 Å². The number of nitro benzene ring substituents is 1. The summed E-state index contributed by atoms with van der Waals surface area (Å²) in [5.41, 5.74) is 0.681. The predicted molar refractivity (Wildman–Crippen MR) is 103 cm³/mol. The lowest BCUT2D eigenvalue weighted by atomic mass is 9.74.